The van der Waals surface area contributed by atoms with Crippen LogP contribution in [0.5, 0.6) is 11.5 Å². The van der Waals surface area contributed by atoms with Crippen molar-refractivity contribution in [2.24, 2.45) is 5.73 Å². The minimum absolute atomic E-state index is 0.0351. The van der Waals surface area contributed by atoms with Crippen LogP contribution in [0.15, 0.2) is 54.9 Å². The van der Waals surface area contributed by atoms with Crippen LogP contribution in [0.1, 0.15) is 12.5 Å². The second-order valence-electron chi connectivity index (χ2n) is 6.28. The molecule has 0 saturated heterocycles. The lowest BCUT2D eigenvalue weighted by molar-refractivity contribution is 0.259. The van der Waals surface area contributed by atoms with Gasteiger partial charge in [0, 0.05) is 30.2 Å². The minimum Gasteiger partial charge on any atom is -0.453 e. The van der Waals surface area contributed by atoms with Crippen molar-refractivity contribution in [2.45, 2.75) is 13.3 Å². The number of urea groups is 1. The predicted molar refractivity (Wildman–Crippen MR) is 112 cm³/mol. The maximum Gasteiger partial charge on any atom is 0.316 e. The Kier molecular flexibility index (Phi) is 5.09. The molecule has 0 bridgehead atoms. The van der Waals surface area contributed by atoms with Crippen LogP contribution in [0.3, 0.4) is 0 Å². The summed E-state index contributed by atoms with van der Waals surface area (Å²) < 4.78 is 21.0. The number of benzene rings is 1. The number of nitrogens with one attached hydrogen (secondary N) is 1. The number of aromatic nitrogens is 2. The van der Waals surface area contributed by atoms with E-state index in [0.717, 1.165) is 33.3 Å². The normalized spacial score (nSPS) is 10.8. The van der Waals surface area contributed by atoms with Crippen molar-refractivity contribution in [2.75, 3.05) is 5.32 Å². The Morgan fingerprint density at radius 2 is 2.03 bits per heavy atom. The quantitative estimate of drug-likeness (QED) is 0.466. The number of anilines is 1. The van der Waals surface area contributed by atoms with Crippen molar-refractivity contribution < 1.29 is 13.9 Å². The molecule has 2 amide bonds. The van der Waals surface area contributed by atoms with E-state index in [1.807, 2.05) is 18.3 Å². The van der Waals surface area contributed by atoms with E-state index in [0.29, 0.717) is 5.75 Å². The molecule has 3 aromatic heterocycles. The molecular formula is C21H17FN4O2S. The summed E-state index contributed by atoms with van der Waals surface area (Å²) in [6.45, 7) is 2.08. The lowest BCUT2D eigenvalue weighted by Crippen LogP contribution is -2.19. The topological polar surface area (TPSA) is 90.1 Å². The molecule has 0 saturated carbocycles. The van der Waals surface area contributed by atoms with Crippen LogP contribution < -0.4 is 15.8 Å². The number of aryl methyl sites for hydroxylation is 1. The van der Waals surface area contributed by atoms with E-state index in [4.69, 9.17) is 10.5 Å². The van der Waals surface area contributed by atoms with Crippen LogP contribution in [-0.4, -0.2) is 16.0 Å². The van der Waals surface area contributed by atoms with Gasteiger partial charge in [-0.15, -0.1) is 11.3 Å². The number of pyridine rings is 2. The largest absolute Gasteiger partial charge is 0.453 e. The number of hydrogen-bond donors (Lipinski definition) is 2. The highest BCUT2D eigenvalue weighted by Gasteiger charge is 2.14. The maximum atomic E-state index is 14.4. The first-order chi connectivity index (χ1) is 14.0. The molecule has 8 heteroatoms. The fourth-order valence-corrected chi connectivity index (χ4v) is 3.87. The van der Waals surface area contributed by atoms with Crippen LogP contribution in [0.4, 0.5) is 14.9 Å². The van der Waals surface area contributed by atoms with Crippen molar-refractivity contribution in [3.05, 3.63) is 66.2 Å². The molecule has 29 heavy (non-hydrogen) atoms. The highest BCUT2D eigenvalue weighted by Crippen LogP contribution is 2.39. The van der Waals surface area contributed by atoms with E-state index >= 15 is 0 Å². The molecule has 3 N–H and O–H groups in total. The molecule has 146 valence electrons. The number of carbonyl (C=O) groups is 1. The van der Waals surface area contributed by atoms with Crippen molar-refractivity contribution in [1.29, 1.82) is 0 Å². The number of primary amides is 1. The summed E-state index contributed by atoms with van der Waals surface area (Å²) in [5, 5.41) is 2.32. The van der Waals surface area contributed by atoms with Gasteiger partial charge >= 0.3 is 6.03 Å². The first kappa shape index (κ1) is 18.8. The zero-order valence-corrected chi connectivity index (χ0v) is 16.3. The van der Waals surface area contributed by atoms with Crippen LogP contribution in [-0.2, 0) is 6.42 Å². The molecular weight excluding hydrogens is 391 g/mol. The van der Waals surface area contributed by atoms with Gasteiger partial charge in [-0.2, -0.15) is 0 Å². The van der Waals surface area contributed by atoms with Crippen LogP contribution in [0.2, 0.25) is 0 Å². The first-order valence-corrected chi connectivity index (χ1v) is 9.73. The third kappa shape index (κ3) is 4.02. The summed E-state index contributed by atoms with van der Waals surface area (Å²) >= 11 is 1.48. The Balaban J connectivity index is 1.66. The Labute approximate surface area is 170 Å². The van der Waals surface area contributed by atoms with Gasteiger partial charge in [-0.25, -0.2) is 9.18 Å². The highest BCUT2D eigenvalue weighted by molar-refractivity contribution is 7.22. The van der Waals surface area contributed by atoms with E-state index in [-0.39, 0.29) is 11.4 Å². The third-order valence-electron chi connectivity index (χ3n) is 4.28. The lowest BCUT2D eigenvalue weighted by Gasteiger charge is -2.09. The Bertz CT molecular complexity index is 1190. The summed E-state index contributed by atoms with van der Waals surface area (Å²) in [7, 11) is 0. The lowest BCUT2D eigenvalue weighted by atomic mass is 10.2. The summed E-state index contributed by atoms with van der Waals surface area (Å²) in [6.07, 6.45) is 4.41. The van der Waals surface area contributed by atoms with Crippen molar-refractivity contribution >= 4 is 33.3 Å². The first-order valence-electron chi connectivity index (χ1n) is 8.91. The van der Waals surface area contributed by atoms with Crippen LogP contribution >= 0.6 is 11.3 Å². The van der Waals surface area contributed by atoms with Crippen molar-refractivity contribution in [3.63, 3.8) is 0 Å². The van der Waals surface area contributed by atoms with Crippen molar-refractivity contribution in [1.82, 2.24) is 9.97 Å². The molecule has 4 rings (SSSR count). The average molecular weight is 408 g/mol. The molecule has 0 spiro atoms. The summed E-state index contributed by atoms with van der Waals surface area (Å²) in [6, 6.07) is 11.0. The summed E-state index contributed by atoms with van der Waals surface area (Å²) in [5.41, 5.74) is 8.07. The van der Waals surface area contributed by atoms with E-state index < -0.39 is 11.8 Å². The Hall–Kier alpha value is -3.52. The third-order valence-corrected chi connectivity index (χ3v) is 5.44. The minimum atomic E-state index is -0.763. The standard InChI is InChI=1S/C21H17FN4O2S/c1-2-12-3-5-15(25-11-12)19-10-16-20(29-19)18(7-8-24-16)28-17-6-4-13(9-14(17)22)26-21(23)27/h3-11H,2H2,1H3,(H3,23,26,27). The number of nitrogens with two attached hydrogens (primary N) is 1. The number of carbonyl (C=O) groups excluding carboxylic acids is 1. The zero-order valence-electron chi connectivity index (χ0n) is 15.5. The van der Waals surface area contributed by atoms with E-state index in [9.17, 15) is 9.18 Å². The van der Waals surface area contributed by atoms with Gasteiger partial charge in [0.2, 0.25) is 0 Å². The Morgan fingerprint density at radius 1 is 1.17 bits per heavy atom. The molecule has 6 nitrogen and oxygen atoms in total. The smallest absolute Gasteiger partial charge is 0.316 e. The molecule has 0 aliphatic heterocycles. The highest BCUT2D eigenvalue weighted by atomic mass is 32.1. The second-order valence-corrected chi connectivity index (χ2v) is 7.33. The predicted octanol–water partition coefficient (Wildman–Crippen LogP) is 5.34. The van der Waals surface area contributed by atoms with Crippen LogP contribution in [0, 0.1) is 5.82 Å². The number of amides is 2. The number of fused-ring (bicyclic) bond motifs is 1. The average Bonchev–Trinajstić information content (AvgIpc) is 3.15. The number of thiophene rings is 1. The van der Waals surface area contributed by atoms with E-state index in [1.54, 1.807) is 12.3 Å². The molecule has 4 aromatic rings. The fourth-order valence-electron chi connectivity index (χ4n) is 2.82. The monoisotopic (exact) mass is 408 g/mol. The van der Waals surface area contributed by atoms with Gasteiger partial charge in [0.25, 0.3) is 0 Å². The molecule has 1 aromatic carbocycles. The van der Waals surface area contributed by atoms with Gasteiger partial charge in [0.15, 0.2) is 11.6 Å². The summed E-state index contributed by atoms with van der Waals surface area (Å²) in [4.78, 5) is 20.7. The van der Waals surface area contributed by atoms with Gasteiger partial charge in [0.05, 0.1) is 20.8 Å². The molecule has 0 radical (unpaired) electrons. The van der Waals surface area contributed by atoms with Crippen molar-refractivity contribution in [3.8, 4) is 22.1 Å². The maximum absolute atomic E-state index is 14.4. The molecule has 0 atom stereocenters. The van der Waals surface area contributed by atoms with Gasteiger partial charge < -0.3 is 15.8 Å². The second kappa shape index (κ2) is 7.84. The van der Waals surface area contributed by atoms with E-state index in [1.165, 1.54) is 29.0 Å². The molecule has 0 aliphatic carbocycles. The van der Waals surface area contributed by atoms with Gasteiger partial charge in [-0.3, -0.25) is 9.97 Å². The number of nitrogens with zero attached hydrogens (tertiary/aromatic N) is 2. The number of ether oxygens (including phenoxy) is 1. The zero-order chi connectivity index (χ0) is 20.4. The molecule has 3 heterocycles. The fraction of sp³-hybridized carbons (Fsp3) is 0.0952. The molecule has 0 fully saturated rings. The van der Waals surface area contributed by atoms with E-state index in [2.05, 4.69) is 28.3 Å². The molecule has 0 unspecified atom stereocenters. The molecule has 0 aliphatic rings. The van der Waals surface area contributed by atoms with Gasteiger partial charge in [-0.05, 0) is 36.2 Å². The van der Waals surface area contributed by atoms with Gasteiger partial charge in [-0.1, -0.05) is 13.0 Å². The summed E-state index contributed by atoms with van der Waals surface area (Å²) in [5.74, 6) is -0.0892. The number of halogens is 1. The SMILES string of the molecule is CCc1ccc(-c2cc3nccc(Oc4ccc(NC(N)=O)cc4F)c3s2)nc1. The Morgan fingerprint density at radius 3 is 2.72 bits per heavy atom. The van der Waals surface area contributed by atoms with Gasteiger partial charge in [0.1, 0.15) is 5.75 Å². The number of hydrogen-bond acceptors (Lipinski definition) is 5. The van der Waals surface area contributed by atoms with Crippen LogP contribution in [0.25, 0.3) is 20.8 Å². The number of rotatable bonds is 5.